The normalized spacial score (nSPS) is 13.1. The molecular weight excluding hydrogens is 973 g/mol. The molecule has 410 valence electrons. The van der Waals surface area contributed by atoms with Crippen LogP contribution in [0.1, 0.15) is 181 Å². The number of hydrogen-bond donors (Lipinski definition) is 0. The third-order valence-corrected chi connectivity index (χ3v) is 16.9. The number of hydrogen-bond acceptors (Lipinski definition) is 2. The Hall–Kier alpha value is -7.50. The minimum absolute atomic E-state index is 0.0555. The van der Waals surface area contributed by atoms with E-state index in [1.807, 2.05) is 6.20 Å². The number of rotatable bonds is 11. The zero-order valence-electron chi connectivity index (χ0n) is 51.0. The minimum Gasteiger partial charge on any atom is -0.458 e. The molecule has 3 aromatic heterocycles. The first-order valence-electron chi connectivity index (χ1n) is 28.8. The lowest BCUT2D eigenvalue weighted by Gasteiger charge is -2.33. The van der Waals surface area contributed by atoms with E-state index in [-0.39, 0.29) is 32.5 Å². The summed E-state index contributed by atoms with van der Waals surface area (Å²) in [6.45, 7) is 41.8. The van der Waals surface area contributed by atoms with Crippen LogP contribution in [-0.4, -0.2) is 14.1 Å². The maximum atomic E-state index is 7.46. The summed E-state index contributed by atoms with van der Waals surface area (Å²) in [7, 11) is 0. The van der Waals surface area contributed by atoms with Crippen molar-refractivity contribution in [1.29, 1.82) is 0 Å². The van der Waals surface area contributed by atoms with Crippen molar-refractivity contribution in [3.63, 3.8) is 0 Å². The Morgan fingerprint density at radius 2 is 0.912 bits per heavy atom. The molecule has 3 heterocycles. The number of benzene rings is 7. The van der Waals surface area contributed by atoms with Crippen LogP contribution in [0.25, 0.3) is 39.0 Å². The van der Waals surface area contributed by atoms with Crippen molar-refractivity contribution in [1.82, 2.24) is 14.1 Å². The lowest BCUT2D eigenvalue weighted by Crippen LogP contribution is -2.41. The van der Waals surface area contributed by atoms with Gasteiger partial charge in [-0.05, 0) is 121 Å². The van der Waals surface area contributed by atoms with E-state index in [1.54, 1.807) is 0 Å². The van der Waals surface area contributed by atoms with E-state index in [0.29, 0.717) is 0 Å². The Kier molecular flexibility index (Phi) is 13.9. The molecule has 0 atom stereocenters. The highest BCUT2D eigenvalue weighted by molar-refractivity contribution is 6.11. The second-order valence-electron chi connectivity index (χ2n) is 28.1. The molecule has 0 unspecified atom stereocenters. The first-order valence-corrected chi connectivity index (χ1v) is 28.8. The smallest absolute Gasteiger partial charge is 0.269 e. The van der Waals surface area contributed by atoms with Crippen molar-refractivity contribution >= 4 is 21.8 Å². The zero-order chi connectivity index (χ0) is 57.5. The number of nitrogens with zero attached hydrogens (tertiary/aromatic N) is 4. The van der Waals surface area contributed by atoms with Crippen LogP contribution in [-0.2, 0) is 37.9 Å². The van der Waals surface area contributed by atoms with E-state index in [0.717, 1.165) is 45.3 Å². The molecule has 0 aliphatic carbocycles. The molecule has 5 nitrogen and oxygen atoms in total. The van der Waals surface area contributed by atoms with Crippen LogP contribution < -0.4 is 9.30 Å². The van der Waals surface area contributed by atoms with Crippen LogP contribution in [0.2, 0.25) is 0 Å². The van der Waals surface area contributed by atoms with Gasteiger partial charge in [0.15, 0.2) is 0 Å². The lowest BCUT2D eigenvalue weighted by molar-refractivity contribution is -0.611. The fourth-order valence-corrected chi connectivity index (χ4v) is 11.9. The van der Waals surface area contributed by atoms with Gasteiger partial charge in [0.1, 0.15) is 17.3 Å². The molecule has 0 N–H and O–H groups in total. The molecule has 0 aliphatic rings. The van der Waals surface area contributed by atoms with Crippen LogP contribution in [0.5, 0.6) is 11.5 Å². The molecule has 10 aromatic rings. The van der Waals surface area contributed by atoms with Gasteiger partial charge in [-0.25, -0.2) is 4.98 Å². The van der Waals surface area contributed by atoms with Gasteiger partial charge in [0.2, 0.25) is 0 Å². The summed E-state index contributed by atoms with van der Waals surface area (Å²) in [4.78, 5) is 5.06. The van der Waals surface area contributed by atoms with Gasteiger partial charge in [-0.2, -0.15) is 0 Å². The highest BCUT2D eigenvalue weighted by atomic mass is 16.5. The summed E-state index contributed by atoms with van der Waals surface area (Å²) in [5, 5.41) is 2.41. The van der Waals surface area contributed by atoms with Crippen LogP contribution in [0.15, 0.2) is 182 Å². The number of ether oxygens (including phenoxy) is 1. The Balaban J connectivity index is 1.24. The van der Waals surface area contributed by atoms with Gasteiger partial charge < -0.3 is 4.74 Å². The first-order chi connectivity index (χ1) is 37.5. The molecule has 0 saturated heterocycles. The second-order valence-corrected chi connectivity index (χ2v) is 28.1. The zero-order valence-corrected chi connectivity index (χ0v) is 51.0. The van der Waals surface area contributed by atoms with Crippen LogP contribution in [0.3, 0.4) is 0 Å². The molecular formula is C75H84N4O. The predicted octanol–water partition coefficient (Wildman–Crippen LogP) is 19.0. The van der Waals surface area contributed by atoms with Crippen molar-refractivity contribution < 1.29 is 9.30 Å². The molecule has 0 bridgehead atoms. The third kappa shape index (κ3) is 10.3. The largest absolute Gasteiger partial charge is 0.458 e. The van der Waals surface area contributed by atoms with Crippen LogP contribution >= 0.6 is 0 Å². The average Bonchev–Trinajstić information content (AvgIpc) is 4.23. The summed E-state index contributed by atoms with van der Waals surface area (Å²) < 4.78 is 14.5. The van der Waals surface area contributed by atoms with E-state index < -0.39 is 5.41 Å². The number of pyridine rings is 1. The van der Waals surface area contributed by atoms with Gasteiger partial charge in [0.05, 0.1) is 33.8 Å². The molecule has 5 heteroatoms. The molecule has 10 rings (SSSR count). The Morgan fingerprint density at radius 1 is 0.412 bits per heavy atom. The van der Waals surface area contributed by atoms with Crippen molar-refractivity contribution in [2.45, 2.75) is 163 Å². The van der Waals surface area contributed by atoms with Gasteiger partial charge in [-0.1, -0.05) is 240 Å². The van der Waals surface area contributed by atoms with Gasteiger partial charge in [-0.15, -0.1) is 0 Å². The monoisotopic (exact) mass is 1060 g/mol. The highest BCUT2D eigenvalue weighted by Crippen LogP contribution is 2.45. The Morgan fingerprint density at radius 3 is 1.41 bits per heavy atom. The maximum Gasteiger partial charge on any atom is 0.269 e. The molecule has 0 radical (unpaired) electrons. The third-order valence-electron chi connectivity index (χ3n) is 16.9. The lowest BCUT2D eigenvalue weighted by atomic mass is 9.73. The van der Waals surface area contributed by atoms with E-state index in [4.69, 9.17) is 9.72 Å². The molecule has 0 fully saturated rings. The summed E-state index contributed by atoms with van der Waals surface area (Å²) in [5.41, 5.74) is 14.5. The number of para-hydroxylation sites is 1. The summed E-state index contributed by atoms with van der Waals surface area (Å²) in [6.07, 6.45) is 6.07. The fraction of sp³-hybridized carbons (Fsp3) is 0.333. The average molecular weight is 1060 g/mol. The second kappa shape index (κ2) is 19.9. The van der Waals surface area contributed by atoms with Crippen molar-refractivity contribution in [3.8, 4) is 28.7 Å². The van der Waals surface area contributed by atoms with Crippen molar-refractivity contribution in [2.75, 3.05) is 0 Å². The van der Waals surface area contributed by atoms with Gasteiger partial charge in [0.25, 0.3) is 6.33 Å². The predicted molar refractivity (Wildman–Crippen MR) is 335 cm³/mol. The van der Waals surface area contributed by atoms with Gasteiger partial charge in [-0.3, -0.25) is 13.7 Å². The summed E-state index contributed by atoms with van der Waals surface area (Å²) >= 11 is 0. The molecule has 0 saturated carbocycles. The summed E-state index contributed by atoms with van der Waals surface area (Å²) in [6, 6.07) is 64.5. The SMILES string of the molecule is CC(C)(C)c1ccnc(-n2c3ccccc3c3c(C(C)(C)C)cc(Oc4cc(-n5[c-][n+](-c6cc(C(C)(C)c7ccccc7)cc(C(C)(C)c7ccccc7)c6)c(C(C)(C)C)c5C(C)(C)C)cc(C(C)(C)c5ccccc5)c4)cc32)c1. The van der Waals surface area contributed by atoms with Gasteiger partial charge in [0, 0.05) is 39.3 Å². The topological polar surface area (TPSA) is 35.9 Å². The van der Waals surface area contributed by atoms with E-state index in [1.165, 1.54) is 61.1 Å². The first kappa shape index (κ1) is 55.8. The maximum absolute atomic E-state index is 7.46. The molecule has 0 spiro atoms. The van der Waals surface area contributed by atoms with Crippen molar-refractivity contribution in [3.05, 3.63) is 244 Å². The van der Waals surface area contributed by atoms with Gasteiger partial charge >= 0.3 is 0 Å². The van der Waals surface area contributed by atoms with Crippen LogP contribution in [0, 0.1) is 6.33 Å². The molecule has 0 aliphatic heterocycles. The van der Waals surface area contributed by atoms with Crippen molar-refractivity contribution in [2.24, 2.45) is 0 Å². The number of imidazole rings is 1. The van der Waals surface area contributed by atoms with E-state index >= 15 is 0 Å². The highest BCUT2D eigenvalue weighted by Gasteiger charge is 2.37. The Labute approximate surface area is 478 Å². The molecule has 0 amide bonds. The number of aromatic nitrogens is 4. The van der Waals surface area contributed by atoms with Crippen LogP contribution in [0.4, 0.5) is 0 Å². The minimum atomic E-state index is -0.404. The molecule has 7 aromatic carbocycles. The van der Waals surface area contributed by atoms with E-state index in [9.17, 15) is 0 Å². The summed E-state index contributed by atoms with van der Waals surface area (Å²) in [5.74, 6) is 2.41. The quantitative estimate of drug-likeness (QED) is 0.0956. The van der Waals surface area contributed by atoms with E-state index in [2.05, 4.69) is 321 Å². The number of fused-ring (bicyclic) bond motifs is 3. The Bertz CT molecular complexity index is 3830. The fourth-order valence-electron chi connectivity index (χ4n) is 11.9. The standard InChI is InChI=1S/C75H84N4O/c1-69(2,3)53-38-39-76-65(45-53)79-63-37-29-28-36-61(63)66-62(70(4,5)6)47-60(48-64(66)79)80-59-44-56(75(17,18)52-34-26-21-27-35-52)43-58(46-59)78-49-77(67(71(7,8)9)68(78)72(10,11)12)57-41-54(73(13,14)50-30-22-19-23-31-50)40-55(42-57)74(15,16)51-32-24-20-25-33-51/h19-48H,1-18H3. The molecule has 80 heavy (non-hydrogen) atoms.